The molecule has 14 nitrogen and oxygen atoms in total. The predicted molar refractivity (Wildman–Crippen MR) is 262 cm³/mol. The van der Waals surface area contributed by atoms with Crippen molar-refractivity contribution in [3.63, 3.8) is 0 Å². The molecule has 6 N–H and O–H groups in total. The fourth-order valence-electron chi connectivity index (χ4n) is 9.81. The molecule has 348 valence electrons. The van der Waals surface area contributed by atoms with Crippen molar-refractivity contribution in [3.05, 3.63) is 75.8 Å². The van der Waals surface area contributed by atoms with E-state index in [-0.39, 0.29) is 28.4 Å². The Morgan fingerprint density at radius 2 is 1.84 bits per heavy atom. The number of ether oxygens (including phenoxy) is 1. The van der Waals surface area contributed by atoms with Gasteiger partial charge in [-0.1, -0.05) is 58.3 Å². The highest BCUT2D eigenvalue weighted by Crippen LogP contribution is 2.62. The second-order valence-corrected chi connectivity index (χ2v) is 20.6. The van der Waals surface area contributed by atoms with E-state index in [4.69, 9.17) is 19.9 Å². The SMILES string of the molecule is CCC.CNCC(=O)N1CCC[C@H]1c1ncc(-c2ccc(C3CC=C(c4ccc5nc(C6CCCN6)[nH]c5c4)C4=C3CCCC43CCC3)s2)[nH]1.COC(=O)NC(I=O)C(C)C.O=CO. The number of aromatic nitrogens is 4. The largest absolute Gasteiger partial charge is 0.483 e. The van der Waals surface area contributed by atoms with Gasteiger partial charge in [-0.2, -0.15) is 0 Å². The summed E-state index contributed by atoms with van der Waals surface area (Å²) >= 11 is 0.714. The van der Waals surface area contributed by atoms with Crippen LogP contribution in [0.2, 0.25) is 0 Å². The van der Waals surface area contributed by atoms with Gasteiger partial charge in [-0.15, -0.1) is 11.3 Å². The number of amides is 2. The van der Waals surface area contributed by atoms with Gasteiger partial charge in [0, 0.05) is 17.3 Å². The van der Waals surface area contributed by atoms with Gasteiger partial charge in [-0.05, 0) is 130 Å². The van der Waals surface area contributed by atoms with Crippen LogP contribution in [-0.2, 0) is 17.4 Å². The van der Waals surface area contributed by atoms with E-state index in [1.54, 1.807) is 11.1 Å². The summed E-state index contributed by atoms with van der Waals surface area (Å²) in [5.41, 5.74) is 9.82. The maximum Gasteiger partial charge on any atom is 0.407 e. The number of H-pyrrole nitrogens is 2. The van der Waals surface area contributed by atoms with Crippen molar-refractivity contribution >= 4 is 67.6 Å². The minimum Gasteiger partial charge on any atom is -0.483 e. The summed E-state index contributed by atoms with van der Waals surface area (Å²) in [6.45, 7) is 10.0. The fourth-order valence-corrected chi connectivity index (χ4v) is 11.9. The summed E-state index contributed by atoms with van der Waals surface area (Å²) in [4.78, 5) is 53.4. The molecule has 2 amide bonds. The average Bonchev–Trinajstić information content (AvgIpc) is 4.14. The minimum absolute atomic E-state index is 0.0338. The molecule has 4 atom stereocenters. The van der Waals surface area contributed by atoms with E-state index >= 15 is 0 Å². The maximum atomic E-state index is 12.7. The zero-order valence-electron chi connectivity index (χ0n) is 38.2. The number of fused-ring (bicyclic) bond motifs is 2. The van der Waals surface area contributed by atoms with Gasteiger partial charge in [0.2, 0.25) is 5.91 Å². The van der Waals surface area contributed by atoms with Crippen LogP contribution in [0.3, 0.4) is 0 Å². The molecular weight excluding hydrogens is 944 g/mol. The van der Waals surface area contributed by atoms with Crippen LogP contribution in [0, 0.1) is 11.3 Å². The zero-order chi connectivity index (χ0) is 45.8. The van der Waals surface area contributed by atoms with Crippen molar-refractivity contribution in [2.45, 2.75) is 127 Å². The number of nitrogens with one attached hydrogen (secondary N) is 5. The molecule has 0 radical (unpaired) electrons. The number of rotatable bonds is 10. The topological polar surface area (TPSA) is 194 Å². The number of carbonyl (C=O) groups excluding carboxylic acids is 2. The molecule has 2 saturated heterocycles. The average molecular weight is 1010 g/mol. The second kappa shape index (κ2) is 23.3. The first-order chi connectivity index (χ1) is 31.0. The highest BCUT2D eigenvalue weighted by atomic mass is 127. The van der Waals surface area contributed by atoms with E-state index in [0.717, 1.165) is 67.1 Å². The number of likely N-dealkylation sites (N-methyl/N-ethyl adjacent to an activating group) is 1. The first-order valence-electron chi connectivity index (χ1n) is 23.0. The molecule has 3 aliphatic carbocycles. The molecule has 64 heavy (non-hydrogen) atoms. The van der Waals surface area contributed by atoms with E-state index in [2.05, 4.69) is 80.9 Å². The lowest BCUT2D eigenvalue weighted by molar-refractivity contribution is -0.131. The molecule has 5 aliphatic rings. The molecule has 16 heteroatoms. The van der Waals surface area contributed by atoms with Crippen molar-refractivity contribution in [2.75, 3.05) is 33.8 Å². The minimum atomic E-state index is -1.20. The predicted octanol–water partition coefficient (Wildman–Crippen LogP) is 10.3. The number of carbonyl (C=O) groups is 3. The van der Waals surface area contributed by atoms with Crippen molar-refractivity contribution < 1.29 is 27.3 Å². The summed E-state index contributed by atoms with van der Waals surface area (Å²) in [5.74, 6) is 2.77. The van der Waals surface area contributed by atoms with Crippen LogP contribution in [-0.4, -0.2) is 86.3 Å². The molecule has 1 aromatic carbocycles. The Bertz CT molecular complexity index is 2270. The van der Waals surface area contributed by atoms with Gasteiger partial charge in [0.15, 0.2) is 21.2 Å². The third-order valence-corrected chi connectivity index (χ3v) is 16.4. The van der Waals surface area contributed by atoms with Gasteiger partial charge in [0.1, 0.15) is 15.7 Å². The molecule has 3 aromatic heterocycles. The van der Waals surface area contributed by atoms with Crippen molar-refractivity contribution in [3.8, 4) is 10.6 Å². The lowest BCUT2D eigenvalue weighted by Crippen LogP contribution is -2.37. The molecule has 9 rings (SSSR count). The number of hydrogen-bond donors (Lipinski definition) is 6. The smallest absolute Gasteiger partial charge is 0.407 e. The summed E-state index contributed by atoms with van der Waals surface area (Å²) in [6, 6.07) is 11.9. The molecule has 1 saturated carbocycles. The number of thiophene rings is 1. The number of halogens is 1. The zero-order valence-corrected chi connectivity index (χ0v) is 41.2. The number of imidazole rings is 2. The maximum absolute atomic E-state index is 12.7. The number of nitrogens with zero attached hydrogens (tertiary/aromatic N) is 3. The normalized spacial score (nSPS) is 21.3. The number of methoxy groups -OCH3 is 1. The third kappa shape index (κ3) is 11.2. The number of benzene rings is 1. The van der Waals surface area contributed by atoms with Crippen LogP contribution in [0.5, 0.6) is 0 Å². The molecule has 2 aliphatic heterocycles. The molecule has 1 spiro atoms. The van der Waals surface area contributed by atoms with Crippen LogP contribution in [0.4, 0.5) is 4.79 Å². The van der Waals surface area contributed by atoms with Gasteiger partial charge in [-0.25, -0.2) is 14.8 Å². The quantitative estimate of drug-likeness (QED) is 0.0385. The van der Waals surface area contributed by atoms with Crippen LogP contribution in [0.25, 0.3) is 27.2 Å². The number of aromatic amines is 2. The number of hydrogen-bond acceptors (Lipinski definition) is 10. The standard InChI is InChI=1S/C38H45N7OS.C6H12INO3.C3H8.CH2O2/c1-39-22-34(46)45-19-4-8-31(45)37-41-21-30(44-37)33-14-13-32(47-33)25-11-10-24(35-26(25)6-2-15-38(35)16-5-17-38)23-9-12-27-29(20-23)43-36(42-27)28-7-3-18-40-28;1-4(2)5(7-10)8-6(9)11-3;1-3-2;2-1-3/h9-10,12-14,20-21,25,28,31,39-40H,2-8,11,15-19,22H2,1H3,(H,41,44)(H,42,43);4-5H,1-3H3,(H,8,9);3H2,1-2H3;1H,(H,2,3)/t25?,28?,31-;;;/m0.../s1. The number of allylic oxidation sites excluding steroid dienone is 4. The Morgan fingerprint density at radius 1 is 1.08 bits per heavy atom. The van der Waals surface area contributed by atoms with E-state index in [1.807, 2.05) is 43.3 Å². The van der Waals surface area contributed by atoms with E-state index in [1.165, 1.54) is 79.4 Å². The Kier molecular flexibility index (Phi) is 17.9. The van der Waals surface area contributed by atoms with Crippen LogP contribution in [0.15, 0.2) is 53.8 Å². The lowest BCUT2D eigenvalue weighted by atomic mass is 9.53. The second-order valence-electron chi connectivity index (χ2n) is 17.6. The third-order valence-electron chi connectivity index (χ3n) is 12.9. The van der Waals surface area contributed by atoms with Gasteiger partial charge in [0.05, 0.1) is 53.5 Å². The molecule has 0 bridgehead atoms. The first-order valence-corrected chi connectivity index (χ1v) is 25.9. The highest BCUT2D eigenvalue weighted by Gasteiger charge is 2.47. The van der Waals surface area contributed by atoms with Crippen LogP contribution in [0.1, 0.15) is 145 Å². The molecule has 4 aromatic rings. The summed E-state index contributed by atoms with van der Waals surface area (Å²) in [6.07, 6.45) is 18.5. The van der Waals surface area contributed by atoms with Crippen LogP contribution < -0.4 is 16.0 Å². The number of alkyl halides is 1. The summed E-state index contributed by atoms with van der Waals surface area (Å²) in [7, 11) is 3.11. The fraction of sp³-hybridized carbons (Fsp3) is 0.562. The Labute approximate surface area is 391 Å². The Balaban J connectivity index is 0.000000344. The molecule has 3 unspecified atom stereocenters. The van der Waals surface area contributed by atoms with E-state index in [0.29, 0.717) is 23.9 Å². The van der Waals surface area contributed by atoms with Gasteiger partial charge >= 0.3 is 6.09 Å². The first kappa shape index (κ1) is 49.2. The summed E-state index contributed by atoms with van der Waals surface area (Å²) < 4.78 is 14.7. The number of alkyl carbamates (subject to hydrolysis) is 1. The number of carboxylic acid groups (broad SMARTS) is 1. The molecule has 3 fully saturated rings. The van der Waals surface area contributed by atoms with E-state index in [9.17, 15) is 12.7 Å². The van der Waals surface area contributed by atoms with Gasteiger partial charge in [0.25, 0.3) is 6.47 Å². The lowest BCUT2D eigenvalue weighted by Gasteiger charge is -2.51. The Morgan fingerprint density at radius 3 is 2.50 bits per heavy atom. The van der Waals surface area contributed by atoms with Gasteiger partial charge in [-0.3, -0.25) is 12.7 Å². The number of likely N-dealkylation sites (tertiary alicyclic amines) is 1. The van der Waals surface area contributed by atoms with Crippen molar-refractivity contribution in [1.29, 1.82) is 0 Å². The van der Waals surface area contributed by atoms with Crippen molar-refractivity contribution in [2.24, 2.45) is 11.3 Å². The molecule has 5 heterocycles. The summed E-state index contributed by atoms with van der Waals surface area (Å²) in [5, 5.41) is 16.0. The highest BCUT2D eigenvalue weighted by molar-refractivity contribution is 14.1. The molecular formula is C48H67IN8O6S. The monoisotopic (exact) mass is 1010 g/mol. The van der Waals surface area contributed by atoms with E-state index < -0.39 is 27.3 Å². The van der Waals surface area contributed by atoms with Crippen LogP contribution >= 0.6 is 32.5 Å². The Hall–Kier alpha value is -4.26. The van der Waals surface area contributed by atoms with Crippen molar-refractivity contribution in [1.82, 2.24) is 40.8 Å². The van der Waals surface area contributed by atoms with Gasteiger partial charge < -0.3 is 40.7 Å².